The smallest absolute Gasteiger partial charge is 0.193 e. The van der Waals surface area contributed by atoms with Crippen LogP contribution in [0.1, 0.15) is 39.5 Å². The van der Waals surface area contributed by atoms with Crippen molar-refractivity contribution in [1.82, 2.24) is 15.1 Å². The van der Waals surface area contributed by atoms with Gasteiger partial charge in [0.1, 0.15) is 0 Å². The molecule has 0 atom stereocenters. The minimum absolute atomic E-state index is 0.226. The molecule has 0 spiro atoms. The second-order valence-corrected chi connectivity index (χ2v) is 6.86. The molecular formula is C17H36N4. The highest BCUT2D eigenvalue weighted by molar-refractivity contribution is 5.79. The summed E-state index contributed by atoms with van der Waals surface area (Å²) in [4.78, 5) is 8.84. The molecule has 0 saturated heterocycles. The van der Waals surface area contributed by atoms with Gasteiger partial charge in [0.05, 0.1) is 0 Å². The van der Waals surface area contributed by atoms with E-state index in [9.17, 15) is 0 Å². The highest BCUT2D eigenvalue weighted by Crippen LogP contribution is 2.14. The van der Waals surface area contributed by atoms with E-state index in [0.717, 1.165) is 32.0 Å². The van der Waals surface area contributed by atoms with Crippen LogP contribution in [-0.2, 0) is 0 Å². The highest BCUT2D eigenvalue weighted by Gasteiger charge is 2.19. The van der Waals surface area contributed by atoms with Crippen LogP contribution in [-0.4, -0.2) is 63.6 Å². The molecule has 0 heterocycles. The number of allylic oxidation sites excluding steroid dienone is 1. The van der Waals surface area contributed by atoms with Crippen LogP contribution in [0.5, 0.6) is 0 Å². The maximum absolute atomic E-state index is 4.39. The van der Waals surface area contributed by atoms with Crippen molar-refractivity contribution in [2.24, 2.45) is 10.4 Å². The first-order valence-electron chi connectivity index (χ1n) is 8.00. The second-order valence-electron chi connectivity index (χ2n) is 6.86. The van der Waals surface area contributed by atoms with Gasteiger partial charge >= 0.3 is 0 Å². The van der Waals surface area contributed by atoms with Gasteiger partial charge in [0.2, 0.25) is 0 Å². The summed E-state index contributed by atoms with van der Waals surface area (Å²) >= 11 is 0. The summed E-state index contributed by atoms with van der Waals surface area (Å²) in [5.41, 5.74) is 0.226. The summed E-state index contributed by atoms with van der Waals surface area (Å²) in [5.74, 6) is 0.991. The fraction of sp³-hybridized carbons (Fsp3) is 0.824. The lowest BCUT2D eigenvalue weighted by Gasteiger charge is -2.31. The Bertz CT molecular complexity index is 308. The Morgan fingerprint density at radius 3 is 2.38 bits per heavy atom. The van der Waals surface area contributed by atoms with Crippen LogP contribution in [0, 0.1) is 5.41 Å². The third-order valence-electron chi connectivity index (χ3n) is 3.44. The number of nitrogens with one attached hydrogen (secondary N) is 1. The van der Waals surface area contributed by atoms with Crippen LogP contribution >= 0.6 is 0 Å². The Balaban J connectivity index is 4.11. The van der Waals surface area contributed by atoms with E-state index in [1.807, 2.05) is 13.1 Å². The number of hydrogen-bond donors (Lipinski definition) is 1. The summed E-state index contributed by atoms with van der Waals surface area (Å²) in [5, 5.41) is 3.50. The molecule has 0 aromatic carbocycles. The summed E-state index contributed by atoms with van der Waals surface area (Å²) < 4.78 is 0. The molecule has 1 N–H and O–H groups in total. The van der Waals surface area contributed by atoms with Crippen LogP contribution < -0.4 is 5.32 Å². The molecule has 124 valence electrons. The van der Waals surface area contributed by atoms with Crippen LogP contribution in [0.3, 0.4) is 0 Å². The number of unbranched alkanes of at least 4 members (excludes halogenated alkanes) is 3. The first-order chi connectivity index (χ1) is 9.82. The minimum atomic E-state index is 0.226. The molecule has 0 fully saturated rings. The molecule has 4 heteroatoms. The van der Waals surface area contributed by atoms with Crippen molar-refractivity contribution in [3.63, 3.8) is 0 Å². The monoisotopic (exact) mass is 296 g/mol. The van der Waals surface area contributed by atoms with Gasteiger partial charge in [0.25, 0.3) is 0 Å². The molecule has 0 aromatic heterocycles. The Morgan fingerprint density at radius 2 is 1.86 bits per heavy atom. The maximum Gasteiger partial charge on any atom is 0.193 e. The molecule has 0 aromatic rings. The second kappa shape index (κ2) is 10.7. The van der Waals surface area contributed by atoms with Gasteiger partial charge in [-0.05, 0) is 38.8 Å². The van der Waals surface area contributed by atoms with Crippen LogP contribution in [0.25, 0.3) is 0 Å². The van der Waals surface area contributed by atoms with Crippen molar-refractivity contribution in [2.75, 3.05) is 47.8 Å². The Morgan fingerprint density at radius 1 is 1.19 bits per heavy atom. The zero-order chi connectivity index (χ0) is 16.3. The van der Waals surface area contributed by atoms with Crippen molar-refractivity contribution in [3.05, 3.63) is 12.7 Å². The van der Waals surface area contributed by atoms with Gasteiger partial charge in [0.15, 0.2) is 5.96 Å². The van der Waals surface area contributed by atoms with Gasteiger partial charge < -0.3 is 15.1 Å². The molecule has 0 aliphatic rings. The van der Waals surface area contributed by atoms with Crippen LogP contribution in [0.4, 0.5) is 0 Å². The molecular weight excluding hydrogens is 260 g/mol. The van der Waals surface area contributed by atoms with Gasteiger partial charge in [-0.2, -0.15) is 0 Å². The van der Waals surface area contributed by atoms with Crippen molar-refractivity contribution in [1.29, 1.82) is 0 Å². The van der Waals surface area contributed by atoms with Gasteiger partial charge in [-0.3, -0.25) is 4.99 Å². The molecule has 0 aliphatic carbocycles. The predicted octanol–water partition coefficient (Wildman–Crippen LogP) is 2.83. The summed E-state index contributed by atoms with van der Waals surface area (Å²) in [7, 11) is 8.20. The highest BCUT2D eigenvalue weighted by atomic mass is 15.3. The summed E-state index contributed by atoms with van der Waals surface area (Å²) in [6.45, 7) is 11.4. The fourth-order valence-corrected chi connectivity index (χ4v) is 2.54. The Labute approximate surface area is 132 Å². The van der Waals surface area contributed by atoms with E-state index in [2.05, 4.69) is 61.7 Å². The number of nitrogens with zero attached hydrogens (tertiary/aromatic N) is 3. The third-order valence-corrected chi connectivity index (χ3v) is 3.44. The average Bonchev–Trinajstić information content (AvgIpc) is 2.37. The largest absolute Gasteiger partial charge is 0.356 e. The van der Waals surface area contributed by atoms with Gasteiger partial charge in [-0.1, -0.05) is 26.3 Å². The quantitative estimate of drug-likeness (QED) is 0.291. The topological polar surface area (TPSA) is 30.9 Å². The van der Waals surface area contributed by atoms with Crippen LogP contribution in [0.2, 0.25) is 0 Å². The molecule has 4 nitrogen and oxygen atoms in total. The number of rotatable bonds is 10. The van der Waals surface area contributed by atoms with Gasteiger partial charge in [-0.15, -0.1) is 6.58 Å². The lowest BCUT2D eigenvalue weighted by atomic mass is 9.93. The molecule has 0 rings (SSSR count). The van der Waals surface area contributed by atoms with Crippen molar-refractivity contribution in [3.8, 4) is 0 Å². The van der Waals surface area contributed by atoms with Crippen LogP contribution in [0.15, 0.2) is 17.6 Å². The predicted molar refractivity (Wildman–Crippen MR) is 95.0 cm³/mol. The normalized spacial score (nSPS) is 12.6. The first-order valence-corrected chi connectivity index (χ1v) is 8.00. The zero-order valence-corrected chi connectivity index (χ0v) is 15.1. The van der Waals surface area contributed by atoms with E-state index in [1.165, 1.54) is 19.3 Å². The van der Waals surface area contributed by atoms with E-state index in [0.29, 0.717) is 0 Å². The SMILES string of the molecule is C=CCCCCCN(C)C(=NC)NCC(C)(C)CN(C)C. The number of aliphatic imine (C=N–C) groups is 1. The first kappa shape index (κ1) is 20.0. The molecule has 0 aliphatic heterocycles. The van der Waals surface area contributed by atoms with Crippen molar-refractivity contribution in [2.45, 2.75) is 39.5 Å². The molecule has 0 radical (unpaired) electrons. The lowest BCUT2D eigenvalue weighted by molar-refractivity contribution is 0.239. The summed E-state index contributed by atoms with van der Waals surface area (Å²) in [6.07, 6.45) is 6.80. The lowest BCUT2D eigenvalue weighted by Crippen LogP contribution is -2.45. The molecule has 0 saturated carbocycles. The van der Waals surface area contributed by atoms with Crippen molar-refractivity contribution < 1.29 is 0 Å². The zero-order valence-electron chi connectivity index (χ0n) is 15.1. The van der Waals surface area contributed by atoms with E-state index in [4.69, 9.17) is 0 Å². The third kappa shape index (κ3) is 10.4. The maximum atomic E-state index is 4.39. The van der Waals surface area contributed by atoms with E-state index >= 15 is 0 Å². The summed E-state index contributed by atoms with van der Waals surface area (Å²) in [6, 6.07) is 0. The average molecular weight is 297 g/mol. The van der Waals surface area contributed by atoms with Crippen molar-refractivity contribution >= 4 is 5.96 Å². The Hall–Kier alpha value is -1.03. The molecule has 0 unspecified atom stereocenters. The standard InChI is InChI=1S/C17H36N4/c1-8-9-10-11-12-13-21(7)16(18-4)19-14-17(2,3)15-20(5)6/h8H,1,9-15H2,2-7H3,(H,18,19). The number of guanidine groups is 1. The fourth-order valence-electron chi connectivity index (χ4n) is 2.54. The molecule has 21 heavy (non-hydrogen) atoms. The molecule has 0 amide bonds. The minimum Gasteiger partial charge on any atom is -0.356 e. The van der Waals surface area contributed by atoms with E-state index < -0.39 is 0 Å². The Kier molecular flexibility index (Phi) is 10.1. The van der Waals surface area contributed by atoms with E-state index in [-0.39, 0.29) is 5.41 Å². The van der Waals surface area contributed by atoms with Gasteiger partial charge in [-0.25, -0.2) is 0 Å². The van der Waals surface area contributed by atoms with E-state index in [1.54, 1.807) is 0 Å². The molecule has 0 bridgehead atoms. The van der Waals surface area contributed by atoms with Gasteiger partial charge in [0, 0.05) is 33.7 Å². The number of hydrogen-bond acceptors (Lipinski definition) is 2.